The third-order valence-electron chi connectivity index (χ3n) is 2.81. The molecular weight excluding hydrogens is 374 g/mol. The minimum Gasteiger partial charge on any atom is -0.489 e. The molecule has 0 amide bonds. The van der Waals surface area contributed by atoms with Crippen LogP contribution in [-0.2, 0) is 6.42 Å². The highest BCUT2D eigenvalue weighted by Crippen LogP contribution is 2.26. The highest BCUT2D eigenvalue weighted by molar-refractivity contribution is 14.1. The Labute approximate surface area is 129 Å². The number of ether oxygens (including phenoxy) is 1. The quantitative estimate of drug-likeness (QED) is 0.582. The number of aryl methyl sites for hydroxylation is 2. The van der Waals surface area contributed by atoms with Gasteiger partial charge in [-0.05, 0) is 54.5 Å². The number of halogens is 2. The second-order valence-electron chi connectivity index (χ2n) is 4.26. The van der Waals surface area contributed by atoms with E-state index in [4.69, 9.17) is 14.5 Å². The lowest BCUT2D eigenvalue weighted by molar-refractivity contribution is 0.293. The Balaban J connectivity index is 1.92. The number of nitrogens with zero attached hydrogens (tertiary/aromatic N) is 2. The van der Waals surface area contributed by atoms with Gasteiger partial charge in [0, 0.05) is 5.56 Å². The predicted molar refractivity (Wildman–Crippen MR) is 78.9 cm³/mol. The maximum atomic E-state index is 13.8. The van der Waals surface area contributed by atoms with Crippen molar-refractivity contribution in [2.24, 2.45) is 0 Å². The lowest BCUT2D eigenvalue weighted by Crippen LogP contribution is -2.03. The van der Waals surface area contributed by atoms with E-state index in [1.165, 1.54) is 6.07 Å². The summed E-state index contributed by atoms with van der Waals surface area (Å²) in [5.41, 5.74) is 2.19. The van der Waals surface area contributed by atoms with Gasteiger partial charge in [0.15, 0.2) is 11.6 Å². The van der Waals surface area contributed by atoms with Crippen molar-refractivity contribution in [1.29, 1.82) is 5.26 Å². The molecule has 20 heavy (non-hydrogen) atoms. The van der Waals surface area contributed by atoms with Crippen LogP contribution >= 0.6 is 22.6 Å². The van der Waals surface area contributed by atoms with E-state index in [0.29, 0.717) is 15.7 Å². The molecule has 0 bridgehead atoms. The van der Waals surface area contributed by atoms with Gasteiger partial charge >= 0.3 is 0 Å². The van der Waals surface area contributed by atoms with Crippen LogP contribution in [-0.4, -0.2) is 11.8 Å². The first kappa shape index (κ1) is 14.8. The summed E-state index contributed by atoms with van der Waals surface area (Å²) < 4.78 is 24.7. The van der Waals surface area contributed by atoms with Gasteiger partial charge in [-0.25, -0.2) is 4.39 Å². The Morgan fingerprint density at radius 3 is 2.90 bits per heavy atom. The Morgan fingerprint density at radius 1 is 1.50 bits per heavy atom. The van der Waals surface area contributed by atoms with Gasteiger partial charge in [-0.3, -0.25) is 0 Å². The van der Waals surface area contributed by atoms with E-state index in [2.05, 4.69) is 5.16 Å². The second-order valence-corrected chi connectivity index (χ2v) is 5.42. The molecule has 0 N–H and O–H groups in total. The van der Waals surface area contributed by atoms with Crippen molar-refractivity contribution in [1.82, 2.24) is 5.16 Å². The lowest BCUT2D eigenvalue weighted by Gasteiger charge is -2.09. The molecule has 0 aliphatic heterocycles. The van der Waals surface area contributed by atoms with Gasteiger partial charge in [0.1, 0.15) is 6.26 Å². The predicted octanol–water partition coefficient (Wildman–Crippen LogP) is 3.61. The van der Waals surface area contributed by atoms with Crippen LogP contribution in [0.5, 0.6) is 5.75 Å². The largest absolute Gasteiger partial charge is 0.489 e. The van der Waals surface area contributed by atoms with Gasteiger partial charge in [-0.15, -0.1) is 0 Å². The molecule has 0 saturated heterocycles. The molecule has 4 nitrogen and oxygen atoms in total. The summed E-state index contributed by atoms with van der Waals surface area (Å²) in [6.07, 6.45) is 3.11. The van der Waals surface area contributed by atoms with Gasteiger partial charge < -0.3 is 9.26 Å². The summed E-state index contributed by atoms with van der Waals surface area (Å²) in [6.45, 7) is 2.27. The van der Waals surface area contributed by atoms with Crippen LogP contribution in [0, 0.1) is 27.6 Å². The number of hydrogen-bond acceptors (Lipinski definition) is 4. The van der Waals surface area contributed by atoms with Crippen molar-refractivity contribution in [3.05, 3.63) is 44.6 Å². The first-order chi connectivity index (χ1) is 9.61. The fourth-order valence-electron chi connectivity index (χ4n) is 1.75. The number of aromatic nitrogens is 1. The van der Waals surface area contributed by atoms with E-state index in [1.807, 2.05) is 35.6 Å². The summed E-state index contributed by atoms with van der Waals surface area (Å²) in [5, 5.41) is 12.5. The Bertz CT molecular complexity index is 626. The lowest BCUT2D eigenvalue weighted by atomic mass is 10.1. The summed E-state index contributed by atoms with van der Waals surface area (Å²) >= 11 is 1.96. The average molecular weight is 386 g/mol. The fraction of sp³-hybridized carbons (Fsp3) is 0.286. The zero-order valence-electron chi connectivity index (χ0n) is 10.8. The molecular formula is C14H12FIN2O2. The highest BCUT2D eigenvalue weighted by Gasteiger charge is 2.11. The van der Waals surface area contributed by atoms with Crippen molar-refractivity contribution in [3.8, 4) is 11.8 Å². The van der Waals surface area contributed by atoms with E-state index < -0.39 is 5.82 Å². The zero-order valence-corrected chi connectivity index (χ0v) is 13.0. The van der Waals surface area contributed by atoms with Crippen LogP contribution in [0.3, 0.4) is 0 Å². The maximum Gasteiger partial charge on any atom is 0.168 e. The van der Waals surface area contributed by atoms with Crippen LogP contribution in [0.25, 0.3) is 0 Å². The van der Waals surface area contributed by atoms with Crippen molar-refractivity contribution in [2.75, 3.05) is 6.61 Å². The molecule has 1 heterocycles. The van der Waals surface area contributed by atoms with Crippen LogP contribution in [0.2, 0.25) is 0 Å². The molecule has 0 atom stereocenters. The monoisotopic (exact) mass is 386 g/mol. The van der Waals surface area contributed by atoms with Crippen molar-refractivity contribution in [3.63, 3.8) is 0 Å². The molecule has 0 unspecified atom stereocenters. The molecule has 0 fully saturated rings. The summed E-state index contributed by atoms with van der Waals surface area (Å²) in [7, 11) is 0. The second kappa shape index (κ2) is 6.70. The normalized spacial score (nSPS) is 10.3. The molecule has 104 valence electrons. The summed E-state index contributed by atoms with van der Waals surface area (Å²) in [5.74, 6) is -0.304. The molecule has 1 aromatic carbocycles. The minimum atomic E-state index is -0.505. The molecule has 2 rings (SSSR count). The highest BCUT2D eigenvalue weighted by atomic mass is 127. The van der Waals surface area contributed by atoms with Gasteiger partial charge in [0.2, 0.25) is 0 Å². The Hall–Kier alpha value is -1.62. The van der Waals surface area contributed by atoms with E-state index in [-0.39, 0.29) is 5.75 Å². The van der Waals surface area contributed by atoms with Gasteiger partial charge in [-0.2, -0.15) is 5.26 Å². The average Bonchev–Trinajstić information content (AvgIpc) is 2.82. The third-order valence-corrected chi connectivity index (χ3v) is 3.61. The van der Waals surface area contributed by atoms with Crippen molar-refractivity contribution in [2.45, 2.75) is 19.8 Å². The third kappa shape index (κ3) is 3.48. The Morgan fingerprint density at radius 2 is 2.30 bits per heavy atom. The number of benzene rings is 1. The topological polar surface area (TPSA) is 59.1 Å². The standard InChI is InChI=1S/C14H12FIN2O2/c1-9-11(8-20-18-9)3-2-4-19-14-12(15)5-10(7-17)6-13(14)16/h5-6,8H,2-4H2,1H3. The fourth-order valence-corrected chi connectivity index (χ4v) is 2.50. The van der Waals surface area contributed by atoms with Crippen molar-refractivity contribution >= 4 is 22.6 Å². The van der Waals surface area contributed by atoms with Gasteiger partial charge in [0.05, 0.1) is 27.5 Å². The van der Waals surface area contributed by atoms with Crippen LogP contribution in [0.4, 0.5) is 4.39 Å². The molecule has 1 aromatic heterocycles. The van der Waals surface area contributed by atoms with E-state index in [0.717, 1.165) is 24.1 Å². The van der Waals surface area contributed by atoms with E-state index in [9.17, 15) is 4.39 Å². The number of hydrogen-bond donors (Lipinski definition) is 0. The van der Waals surface area contributed by atoms with E-state index in [1.54, 1.807) is 12.3 Å². The first-order valence-corrected chi connectivity index (χ1v) is 7.11. The zero-order chi connectivity index (χ0) is 14.5. The molecule has 0 saturated carbocycles. The van der Waals surface area contributed by atoms with Crippen LogP contribution in [0.1, 0.15) is 23.2 Å². The first-order valence-electron chi connectivity index (χ1n) is 6.03. The van der Waals surface area contributed by atoms with Gasteiger partial charge in [0.25, 0.3) is 0 Å². The molecule has 2 aromatic rings. The molecule has 0 spiro atoms. The van der Waals surface area contributed by atoms with Crippen LogP contribution < -0.4 is 4.74 Å². The van der Waals surface area contributed by atoms with Crippen molar-refractivity contribution < 1.29 is 13.7 Å². The minimum absolute atomic E-state index is 0.201. The van der Waals surface area contributed by atoms with Crippen LogP contribution in [0.15, 0.2) is 22.9 Å². The number of rotatable bonds is 5. The molecule has 6 heteroatoms. The summed E-state index contributed by atoms with van der Waals surface area (Å²) in [6, 6.07) is 4.69. The summed E-state index contributed by atoms with van der Waals surface area (Å²) in [4.78, 5) is 0. The molecule has 0 aliphatic carbocycles. The number of nitriles is 1. The molecule has 0 aliphatic rings. The molecule has 0 radical (unpaired) electrons. The smallest absolute Gasteiger partial charge is 0.168 e. The van der Waals surface area contributed by atoms with E-state index >= 15 is 0 Å². The van der Waals surface area contributed by atoms with Gasteiger partial charge in [-0.1, -0.05) is 5.16 Å². The maximum absolute atomic E-state index is 13.8. The Kier molecular flexibility index (Phi) is 4.95. The SMILES string of the molecule is Cc1nocc1CCCOc1c(F)cc(C#N)cc1I.